The Morgan fingerprint density at radius 3 is 3.00 bits per heavy atom. The highest BCUT2D eigenvalue weighted by Crippen LogP contribution is 2.24. The number of hydrogen-bond acceptors (Lipinski definition) is 6. The normalized spacial score (nSPS) is 14.8. The fourth-order valence-electron chi connectivity index (χ4n) is 2.77. The lowest BCUT2D eigenvalue weighted by molar-refractivity contribution is 0.0807. The largest absolute Gasteiger partial charge is 0.372 e. The summed E-state index contributed by atoms with van der Waals surface area (Å²) >= 11 is 0. The monoisotopic (exact) mass is 327 g/mol. The van der Waals surface area contributed by atoms with Crippen molar-refractivity contribution in [1.82, 2.24) is 29.4 Å². The van der Waals surface area contributed by atoms with Gasteiger partial charge in [-0.25, -0.2) is 9.50 Å². The number of nitrogens with zero attached hydrogens (tertiary/aromatic N) is 6. The third-order valence-electron chi connectivity index (χ3n) is 4.17. The second kappa shape index (κ2) is 5.55. The van der Waals surface area contributed by atoms with Crippen molar-refractivity contribution in [3.05, 3.63) is 35.8 Å². The van der Waals surface area contributed by atoms with Crippen LogP contribution in [-0.2, 0) is 29.8 Å². The Morgan fingerprint density at radius 1 is 1.29 bits per heavy atom. The lowest BCUT2D eigenvalue weighted by Gasteiger charge is -2.15. The molecule has 3 aromatic heterocycles. The molecule has 0 bridgehead atoms. The molecular weight excluding hydrogens is 306 g/mol. The predicted molar refractivity (Wildman–Crippen MR) is 88.7 cm³/mol. The van der Waals surface area contributed by atoms with Gasteiger partial charge < -0.3 is 14.6 Å². The Morgan fingerprint density at radius 2 is 2.17 bits per heavy atom. The maximum Gasteiger partial charge on any atom is 0.159 e. The van der Waals surface area contributed by atoms with E-state index in [9.17, 15) is 0 Å². The van der Waals surface area contributed by atoms with Crippen LogP contribution in [-0.4, -0.2) is 36.0 Å². The van der Waals surface area contributed by atoms with Crippen molar-refractivity contribution < 1.29 is 4.74 Å². The van der Waals surface area contributed by atoms with Crippen molar-refractivity contribution in [1.29, 1.82) is 0 Å². The van der Waals surface area contributed by atoms with Gasteiger partial charge in [0.1, 0.15) is 12.1 Å². The quantitative estimate of drug-likeness (QED) is 0.789. The first-order valence-corrected chi connectivity index (χ1v) is 8.10. The summed E-state index contributed by atoms with van der Waals surface area (Å²) in [5.74, 6) is 2.57. The van der Waals surface area contributed by atoms with Crippen LogP contribution in [0.25, 0.3) is 5.52 Å². The number of hydrogen-bond donors (Lipinski definition) is 1. The van der Waals surface area contributed by atoms with Gasteiger partial charge in [0.05, 0.1) is 18.8 Å². The Kier molecular flexibility index (Phi) is 3.49. The van der Waals surface area contributed by atoms with Crippen LogP contribution in [0.4, 0.5) is 5.82 Å². The van der Waals surface area contributed by atoms with Crippen LogP contribution in [0, 0.1) is 0 Å². The molecule has 0 amide bonds. The smallest absolute Gasteiger partial charge is 0.159 e. The van der Waals surface area contributed by atoms with Gasteiger partial charge >= 0.3 is 0 Å². The second-order valence-electron chi connectivity index (χ2n) is 6.98. The van der Waals surface area contributed by atoms with E-state index in [1.807, 2.05) is 10.7 Å². The molecule has 0 spiro atoms. The van der Waals surface area contributed by atoms with Crippen LogP contribution < -0.4 is 5.32 Å². The third kappa shape index (κ3) is 2.62. The number of nitrogens with one attached hydrogen (secondary N) is 1. The number of fused-ring (bicyclic) bond motifs is 2. The van der Waals surface area contributed by atoms with E-state index in [4.69, 9.17) is 4.74 Å². The zero-order valence-corrected chi connectivity index (χ0v) is 14.2. The molecule has 8 heteroatoms. The predicted octanol–water partition coefficient (Wildman–Crippen LogP) is 1.76. The molecule has 0 radical (unpaired) electrons. The van der Waals surface area contributed by atoms with Crippen LogP contribution >= 0.6 is 0 Å². The molecule has 1 N–H and O–H groups in total. The molecule has 0 atom stereocenters. The number of anilines is 1. The molecular formula is C16H21N7O. The summed E-state index contributed by atoms with van der Waals surface area (Å²) in [5.41, 5.74) is 2.00. The molecule has 4 rings (SSSR count). The lowest BCUT2D eigenvalue weighted by Crippen LogP contribution is -2.20. The van der Waals surface area contributed by atoms with Crippen LogP contribution in [0.15, 0.2) is 18.5 Å². The van der Waals surface area contributed by atoms with Crippen molar-refractivity contribution >= 4 is 11.3 Å². The second-order valence-corrected chi connectivity index (χ2v) is 6.98. The minimum absolute atomic E-state index is 0.00459. The maximum absolute atomic E-state index is 5.40. The molecule has 3 aromatic rings. The molecule has 0 unspecified atom stereocenters. The van der Waals surface area contributed by atoms with Gasteiger partial charge in [-0.05, 0) is 6.07 Å². The zero-order valence-electron chi connectivity index (χ0n) is 14.2. The molecule has 126 valence electrons. The van der Waals surface area contributed by atoms with E-state index >= 15 is 0 Å². The van der Waals surface area contributed by atoms with Crippen LogP contribution in [0.2, 0.25) is 0 Å². The topological polar surface area (TPSA) is 82.2 Å². The van der Waals surface area contributed by atoms with Crippen molar-refractivity contribution in [3.8, 4) is 0 Å². The minimum atomic E-state index is -0.00459. The van der Waals surface area contributed by atoms with Gasteiger partial charge in [0.2, 0.25) is 0 Å². The van der Waals surface area contributed by atoms with Crippen molar-refractivity contribution in [3.63, 3.8) is 0 Å². The summed E-state index contributed by atoms with van der Waals surface area (Å²) in [7, 11) is 0. The highest BCUT2D eigenvalue weighted by atomic mass is 16.5. The average Bonchev–Trinajstić information content (AvgIpc) is 3.17. The average molecular weight is 327 g/mol. The molecule has 0 fully saturated rings. The van der Waals surface area contributed by atoms with Gasteiger partial charge in [-0.2, -0.15) is 5.10 Å². The number of rotatable bonds is 3. The van der Waals surface area contributed by atoms with Crippen molar-refractivity contribution in [2.75, 3.05) is 11.9 Å². The van der Waals surface area contributed by atoms with Crippen LogP contribution in [0.5, 0.6) is 0 Å². The summed E-state index contributed by atoms with van der Waals surface area (Å²) in [6.45, 7) is 9.04. The van der Waals surface area contributed by atoms with Crippen molar-refractivity contribution in [2.24, 2.45) is 0 Å². The Labute approximate surface area is 139 Å². The number of aromatic nitrogens is 6. The van der Waals surface area contributed by atoms with Gasteiger partial charge in [-0.15, -0.1) is 10.2 Å². The summed E-state index contributed by atoms with van der Waals surface area (Å²) < 4.78 is 9.37. The summed E-state index contributed by atoms with van der Waals surface area (Å²) in [6, 6.07) is 2.09. The Bertz CT molecular complexity index is 874. The molecule has 0 aliphatic carbocycles. The van der Waals surface area contributed by atoms with Crippen molar-refractivity contribution in [2.45, 2.75) is 45.9 Å². The van der Waals surface area contributed by atoms with Gasteiger partial charge in [-0.1, -0.05) is 20.8 Å². The van der Waals surface area contributed by atoms with E-state index in [1.165, 1.54) is 0 Å². The molecule has 24 heavy (non-hydrogen) atoms. The van der Waals surface area contributed by atoms with E-state index in [0.717, 1.165) is 35.2 Å². The number of ether oxygens (including phenoxy) is 1. The maximum atomic E-state index is 5.40. The fraction of sp³-hybridized carbons (Fsp3) is 0.500. The van der Waals surface area contributed by atoms with E-state index in [1.54, 1.807) is 6.20 Å². The first kappa shape index (κ1) is 15.1. The zero-order chi connectivity index (χ0) is 16.7. The van der Waals surface area contributed by atoms with E-state index < -0.39 is 0 Å². The third-order valence-corrected chi connectivity index (χ3v) is 4.17. The van der Waals surface area contributed by atoms with E-state index in [2.05, 4.69) is 57.0 Å². The molecule has 8 nitrogen and oxygen atoms in total. The minimum Gasteiger partial charge on any atom is -0.372 e. The summed E-state index contributed by atoms with van der Waals surface area (Å²) in [4.78, 5) is 4.46. The SMILES string of the molecule is CC(C)(C)c1cc2c(NCc3nnc4n3CCOC4)nccn2n1. The first-order valence-electron chi connectivity index (χ1n) is 8.10. The van der Waals surface area contributed by atoms with Crippen LogP contribution in [0.3, 0.4) is 0 Å². The Balaban J connectivity index is 1.61. The highest BCUT2D eigenvalue weighted by Gasteiger charge is 2.20. The lowest BCUT2D eigenvalue weighted by atomic mass is 9.92. The van der Waals surface area contributed by atoms with E-state index in [0.29, 0.717) is 19.8 Å². The van der Waals surface area contributed by atoms with Gasteiger partial charge in [0.15, 0.2) is 17.5 Å². The molecule has 0 aromatic carbocycles. The standard InChI is InChI=1S/C16H21N7O/c1-16(2,3)12-8-11-15(17-4-5-23(11)21-12)18-9-13-19-20-14-10-24-7-6-22(13)14/h4-5,8H,6-7,9-10H2,1-3H3,(H,17,18). The van der Waals surface area contributed by atoms with Gasteiger partial charge in [-0.3, -0.25) is 0 Å². The molecule has 4 heterocycles. The molecule has 0 saturated carbocycles. The van der Waals surface area contributed by atoms with Gasteiger partial charge in [0, 0.05) is 24.4 Å². The summed E-state index contributed by atoms with van der Waals surface area (Å²) in [6.07, 6.45) is 3.62. The molecule has 1 aliphatic rings. The van der Waals surface area contributed by atoms with E-state index in [-0.39, 0.29) is 5.41 Å². The molecule has 0 saturated heterocycles. The highest BCUT2D eigenvalue weighted by molar-refractivity contribution is 5.68. The van der Waals surface area contributed by atoms with Gasteiger partial charge in [0.25, 0.3) is 0 Å². The fourth-order valence-corrected chi connectivity index (χ4v) is 2.77. The first-order chi connectivity index (χ1) is 11.5. The van der Waals surface area contributed by atoms with Crippen LogP contribution in [0.1, 0.15) is 38.1 Å². The summed E-state index contributed by atoms with van der Waals surface area (Å²) in [5, 5.41) is 16.5. The Hall–Kier alpha value is -2.48. The molecule has 1 aliphatic heterocycles.